The lowest BCUT2D eigenvalue weighted by molar-refractivity contribution is -0.153. The van der Waals surface area contributed by atoms with Crippen LogP contribution in [0.1, 0.15) is 73.1 Å². The number of hydrogen-bond donors (Lipinski definition) is 0. The molecule has 2 bridgehead atoms. The second-order valence-electron chi connectivity index (χ2n) is 9.16. The number of imide groups is 1. The predicted octanol–water partition coefficient (Wildman–Crippen LogP) is 4.39. The highest BCUT2D eigenvalue weighted by molar-refractivity contribution is 6.09. The molecule has 2 atom stereocenters. The van der Waals surface area contributed by atoms with Crippen LogP contribution >= 0.6 is 0 Å². The number of hydrogen-bond acceptors (Lipinski definition) is 4. The van der Waals surface area contributed by atoms with E-state index in [1.54, 1.807) is 0 Å². The minimum atomic E-state index is -0.497. The first-order valence-electron chi connectivity index (χ1n) is 11.8. The number of carbonyl (C=O) groups is 3. The van der Waals surface area contributed by atoms with Crippen molar-refractivity contribution in [3.8, 4) is 0 Å². The molecule has 1 saturated heterocycles. The van der Waals surface area contributed by atoms with Crippen molar-refractivity contribution in [1.82, 2.24) is 4.90 Å². The first-order chi connectivity index (χ1) is 15.6. The third-order valence-corrected chi connectivity index (χ3v) is 7.34. The van der Waals surface area contributed by atoms with Crippen LogP contribution < -0.4 is 0 Å². The van der Waals surface area contributed by atoms with E-state index in [1.807, 2.05) is 24.3 Å². The van der Waals surface area contributed by atoms with Crippen molar-refractivity contribution >= 4 is 17.8 Å². The van der Waals surface area contributed by atoms with Gasteiger partial charge in [-0.3, -0.25) is 19.3 Å². The van der Waals surface area contributed by atoms with Crippen LogP contribution in [0.5, 0.6) is 0 Å². The highest BCUT2D eigenvalue weighted by Crippen LogP contribution is 2.60. The molecule has 4 aliphatic rings. The Morgan fingerprint density at radius 3 is 1.72 bits per heavy atom. The molecule has 0 radical (unpaired) electrons. The maximum absolute atomic E-state index is 13.4. The molecule has 0 spiro atoms. The van der Waals surface area contributed by atoms with Gasteiger partial charge < -0.3 is 4.74 Å². The van der Waals surface area contributed by atoms with Crippen molar-refractivity contribution in [1.29, 1.82) is 0 Å². The molecular weight excluding hydrogens is 402 g/mol. The van der Waals surface area contributed by atoms with Crippen LogP contribution in [0.4, 0.5) is 0 Å². The summed E-state index contributed by atoms with van der Waals surface area (Å²) in [5.41, 5.74) is 4.54. The molecule has 1 heterocycles. The van der Waals surface area contributed by atoms with E-state index in [4.69, 9.17) is 4.74 Å². The number of amides is 2. The minimum Gasteiger partial charge on any atom is -0.464 e. The molecule has 6 rings (SSSR count). The van der Waals surface area contributed by atoms with Crippen molar-refractivity contribution in [3.63, 3.8) is 0 Å². The van der Waals surface area contributed by atoms with Gasteiger partial charge in [0.05, 0.1) is 18.4 Å². The summed E-state index contributed by atoms with van der Waals surface area (Å²) in [5, 5.41) is 0. The van der Waals surface area contributed by atoms with Gasteiger partial charge in [-0.15, -0.1) is 0 Å². The van der Waals surface area contributed by atoms with E-state index in [1.165, 1.54) is 6.42 Å². The largest absolute Gasteiger partial charge is 0.464 e. The second kappa shape index (κ2) is 8.53. The van der Waals surface area contributed by atoms with Gasteiger partial charge in [0.15, 0.2) is 0 Å². The lowest BCUT2D eigenvalue weighted by Gasteiger charge is -2.45. The standard InChI is InChI=1S/C27H29NO4/c1-2-3-4-5-10-15-32-21(29)16-28-26(30)24-22-17-11-6-7-12-18(17)23(25(24)27(28)31)20-14-9-8-13-19(20)22/h6-9,11-14,22-25H,2-5,10,15-16H2,1H3/t22?,23?,24-,25-/m1/s1. The van der Waals surface area contributed by atoms with Crippen LogP contribution in [-0.2, 0) is 19.1 Å². The van der Waals surface area contributed by atoms with E-state index < -0.39 is 17.8 Å². The summed E-state index contributed by atoms with van der Waals surface area (Å²) in [5.74, 6) is -2.15. The van der Waals surface area contributed by atoms with Gasteiger partial charge in [0, 0.05) is 11.8 Å². The summed E-state index contributed by atoms with van der Waals surface area (Å²) >= 11 is 0. The normalized spacial score (nSPS) is 24.8. The van der Waals surface area contributed by atoms with E-state index in [0.29, 0.717) is 6.61 Å². The molecule has 1 fully saturated rings. The van der Waals surface area contributed by atoms with E-state index in [2.05, 4.69) is 31.2 Å². The summed E-state index contributed by atoms with van der Waals surface area (Å²) in [6, 6.07) is 16.3. The van der Waals surface area contributed by atoms with Crippen molar-refractivity contribution in [2.45, 2.75) is 50.9 Å². The number of esters is 1. The molecule has 32 heavy (non-hydrogen) atoms. The van der Waals surface area contributed by atoms with Crippen LogP contribution in [0, 0.1) is 11.8 Å². The maximum Gasteiger partial charge on any atom is 0.326 e. The fourth-order valence-electron chi connectivity index (χ4n) is 5.96. The highest BCUT2D eigenvalue weighted by Gasteiger charge is 2.61. The zero-order valence-electron chi connectivity index (χ0n) is 18.5. The maximum atomic E-state index is 13.4. The molecule has 3 aliphatic carbocycles. The average molecular weight is 432 g/mol. The Hall–Kier alpha value is -2.95. The van der Waals surface area contributed by atoms with Crippen molar-refractivity contribution in [3.05, 3.63) is 70.8 Å². The monoisotopic (exact) mass is 431 g/mol. The van der Waals surface area contributed by atoms with Gasteiger partial charge in [-0.05, 0) is 28.7 Å². The van der Waals surface area contributed by atoms with Gasteiger partial charge in [-0.25, -0.2) is 0 Å². The molecule has 0 saturated carbocycles. The Morgan fingerprint density at radius 2 is 1.25 bits per heavy atom. The average Bonchev–Trinajstić information content (AvgIpc) is 3.07. The summed E-state index contributed by atoms with van der Waals surface area (Å²) in [6.45, 7) is 2.21. The molecule has 5 nitrogen and oxygen atoms in total. The van der Waals surface area contributed by atoms with Gasteiger partial charge >= 0.3 is 5.97 Å². The van der Waals surface area contributed by atoms with E-state index in [0.717, 1.165) is 52.8 Å². The Kier molecular flexibility index (Phi) is 5.58. The molecular formula is C27H29NO4. The number of carbonyl (C=O) groups excluding carboxylic acids is 3. The Morgan fingerprint density at radius 1 is 0.781 bits per heavy atom. The lowest BCUT2D eigenvalue weighted by Crippen LogP contribution is -2.41. The van der Waals surface area contributed by atoms with E-state index >= 15 is 0 Å². The summed E-state index contributed by atoms with van der Waals surface area (Å²) in [7, 11) is 0. The van der Waals surface area contributed by atoms with Crippen molar-refractivity contribution < 1.29 is 19.1 Å². The van der Waals surface area contributed by atoms with Gasteiger partial charge in [-0.2, -0.15) is 0 Å². The highest BCUT2D eigenvalue weighted by atomic mass is 16.5. The van der Waals surface area contributed by atoms with Gasteiger partial charge in [-0.1, -0.05) is 81.1 Å². The first kappa shape index (κ1) is 20.9. The molecule has 2 aromatic carbocycles. The Bertz CT molecular complexity index is 946. The van der Waals surface area contributed by atoms with Crippen molar-refractivity contribution in [2.75, 3.05) is 13.2 Å². The molecule has 2 aromatic rings. The smallest absolute Gasteiger partial charge is 0.326 e. The first-order valence-corrected chi connectivity index (χ1v) is 11.8. The quantitative estimate of drug-likeness (QED) is 0.353. The number of nitrogens with zero attached hydrogens (tertiary/aromatic N) is 1. The third kappa shape index (κ3) is 3.26. The molecule has 0 N–H and O–H groups in total. The van der Waals surface area contributed by atoms with E-state index in [9.17, 15) is 14.4 Å². The number of rotatable bonds is 8. The summed E-state index contributed by atoms with van der Waals surface area (Å²) in [4.78, 5) is 40.5. The Labute approximate surface area is 188 Å². The lowest BCUT2D eigenvalue weighted by atomic mass is 9.55. The van der Waals surface area contributed by atoms with Gasteiger partial charge in [0.2, 0.25) is 11.8 Å². The molecule has 2 amide bonds. The predicted molar refractivity (Wildman–Crippen MR) is 120 cm³/mol. The summed E-state index contributed by atoms with van der Waals surface area (Å²) in [6.07, 6.45) is 5.31. The number of benzene rings is 2. The van der Waals surface area contributed by atoms with Crippen LogP contribution in [0.15, 0.2) is 48.5 Å². The Balaban J connectivity index is 1.35. The zero-order valence-corrected chi connectivity index (χ0v) is 18.5. The van der Waals surface area contributed by atoms with Gasteiger partial charge in [0.25, 0.3) is 0 Å². The van der Waals surface area contributed by atoms with Crippen LogP contribution in [0.3, 0.4) is 0 Å². The van der Waals surface area contributed by atoms with Crippen LogP contribution in [0.25, 0.3) is 0 Å². The molecule has 1 aliphatic heterocycles. The van der Waals surface area contributed by atoms with Crippen LogP contribution in [-0.4, -0.2) is 35.8 Å². The number of ether oxygens (including phenoxy) is 1. The fraction of sp³-hybridized carbons (Fsp3) is 0.444. The molecule has 5 heteroatoms. The molecule has 0 unspecified atom stereocenters. The number of unbranched alkanes of at least 4 members (excludes halogenated alkanes) is 4. The zero-order chi connectivity index (χ0) is 22.2. The SMILES string of the molecule is CCCCCCCOC(=O)CN1C(=O)[C@@H]2C3c4ccccc4C(c4ccccc43)[C@H]2C1=O. The van der Waals surface area contributed by atoms with E-state index in [-0.39, 0.29) is 30.2 Å². The summed E-state index contributed by atoms with van der Waals surface area (Å²) < 4.78 is 5.34. The third-order valence-electron chi connectivity index (χ3n) is 7.34. The topological polar surface area (TPSA) is 63.7 Å². The fourth-order valence-corrected chi connectivity index (χ4v) is 5.96. The number of likely N-dealkylation sites (tertiary alicyclic amines) is 1. The van der Waals surface area contributed by atoms with Crippen LogP contribution in [0.2, 0.25) is 0 Å². The van der Waals surface area contributed by atoms with Crippen molar-refractivity contribution in [2.24, 2.45) is 11.8 Å². The molecule has 166 valence electrons. The second-order valence-corrected chi connectivity index (χ2v) is 9.16. The van der Waals surface area contributed by atoms with Gasteiger partial charge in [0.1, 0.15) is 6.54 Å². The minimum absolute atomic E-state index is 0.145. The molecule has 0 aromatic heterocycles.